The van der Waals surface area contributed by atoms with Gasteiger partial charge in [-0.15, -0.1) is 0 Å². The predicted molar refractivity (Wildman–Crippen MR) is 163 cm³/mol. The minimum absolute atomic E-state index is 0.0117. The second-order valence-electron chi connectivity index (χ2n) is 12.1. The van der Waals surface area contributed by atoms with Gasteiger partial charge in [0, 0.05) is 38.1 Å². The maximum Gasteiger partial charge on any atom is 0.247 e. The summed E-state index contributed by atoms with van der Waals surface area (Å²) in [7, 11) is 1.50. The molecular formula is C31H43IN2O8. The Morgan fingerprint density at radius 1 is 1.19 bits per heavy atom. The Bertz CT molecular complexity index is 1160. The van der Waals surface area contributed by atoms with Gasteiger partial charge in [-0.05, 0) is 96.2 Å². The van der Waals surface area contributed by atoms with Crippen molar-refractivity contribution in [2.45, 2.75) is 82.3 Å². The van der Waals surface area contributed by atoms with Crippen LogP contribution in [0, 0.1) is 21.3 Å². The second-order valence-corrected chi connectivity index (χ2v) is 13.3. The van der Waals surface area contributed by atoms with Gasteiger partial charge in [0.1, 0.15) is 12.2 Å². The Morgan fingerprint density at radius 3 is 2.67 bits per heavy atom. The third kappa shape index (κ3) is 7.06. The summed E-state index contributed by atoms with van der Waals surface area (Å²) in [5, 5.41) is 33.5. The number of hydrogen-bond acceptors (Lipinski definition) is 8. The highest BCUT2D eigenvalue weighted by Crippen LogP contribution is 2.50. The normalized spacial score (nSPS) is 30.2. The first-order valence-corrected chi connectivity index (χ1v) is 16.2. The first-order valence-electron chi connectivity index (χ1n) is 15.1. The average molecular weight is 699 g/mol. The van der Waals surface area contributed by atoms with Crippen molar-refractivity contribution < 1.29 is 39.1 Å². The summed E-state index contributed by atoms with van der Waals surface area (Å²) in [4.78, 5) is 29.0. The van der Waals surface area contributed by atoms with Gasteiger partial charge in [-0.25, -0.2) is 0 Å². The van der Waals surface area contributed by atoms with Gasteiger partial charge in [-0.3, -0.25) is 9.59 Å². The molecule has 0 aromatic heterocycles. The number of benzene rings is 1. The summed E-state index contributed by atoms with van der Waals surface area (Å²) < 4.78 is 18.5. The molecule has 3 unspecified atom stereocenters. The maximum absolute atomic E-state index is 14.1. The van der Waals surface area contributed by atoms with E-state index >= 15 is 0 Å². The van der Waals surface area contributed by atoms with Crippen molar-refractivity contribution in [3.05, 3.63) is 32.9 Å². The van der Waals surface area contributed by atoms with Crippen LogP contribution in [0.2, 0.25) is 0 Å². The maximum atomic E-state index is 14.1. The Hall–Kier alpha value is -1.93. The number of nitrogens with one attached hydrogen (secondary N) is 1. The Kier molecular flexibility index (Phi) is 10.7. The number of fused-ring (bicyclic) bond motifs is 2. The van der Waals surface area contributed by atoms with Crippen molar-refractivity contribution in [1.29, 1.82) is 0 Å². The number of ether oxygens (including phenoxy) is 3. The van der Waals surface area contributed by atoms with Gasteiger partial charge in [0.2, 0.25) is 11.8 Å². The zero-order chi connectivity index (χ0) is 29.8. The Morgan fingerprint density at radius 2 is 2.02 bits per heavy atom. The van der Waals surface area contributed by atoms with Crippen molar-refractivity contribution >= 4 is 34.4 Å². The number of carbonyl (C=O) groups excluding carboxylic acids is 2. The fourth-order valence-electron chi connectivity index (χ4n) is 7.29. The number of carbonyl (C=O) groups is 2. The molecule has 10 nitrogen and oxygen atoms in total. The summed E-state index contributed by atoms with van der Waals surface area (Å²) >= 11 is 2.09. The van der Waals surface area contributed by atoms with Gasteiger partial charge in [-0.1, -0.05) is 6.42 Å². The van der Waals surface area contributed by atoms with Crippen LogP contribution in [-0.2, 0) is 20.9 Å². The Balaban J connectivity index is 1.44. The van der Waals surface area contributed by atoms with E-state index in [0.717, 1.165) is 25.2 Å². The molecule has 3 aliphatic carbocycles. The van der Waals surface area contributed by atoms with Crippen molar-refractivity contribution in [1.82, 2.24) is 10.2 Å². The summed E-state index contributed by atoms with van der Waals surface area (Å²) in [5.41, 5.74) is 1.04. The fourth-order valence-corrected chi connectivity index (χ4v) is 8.09. The summed E-state index contributed by atoms with van der Waals surface area (Å²) in [6.07, 6.45) is 6.50. The van der Waals surface area contributed by atoms with Gasteiger partial charge in [0.05, 0.1) is 36.0 Å². The zero-order valence-corrected chi connectivity index (χ0v) is 26.3. The lowest BCUT2D eigenvalue weighted by Crippen LogP contribution is -2.56. The van der Waals surface area contributed by atoms with E-state index in [9.17, 15) is 24.9 Å². The van der Waals surface area contributed by atoms with Gasteiger partial charge < -0.3 is 39.7 Å². The van der Waals surface area contributed by atoms with E-state index in [4.69, 9.17) is 14.2 Å². The minimum atomic E-state index is -1.12. The quantitative estimate of drug-likeness (QED) is 0.245. The second kappa shape index (κ2) is 14.2. The van der Waals surface area contributed by atoms with E-state index in [-0.39, 0.29) is 44.1 Å². The molecule has 1 heterocycles. The SMILES string of the molecule is COc1cc(CO)cc(I)c1O[C@H]1C=C(C(=O)NCCO)C[C@@H](N(C[C@@H]2CCCO2)C(=O)CC2CC3CCC2C3)[C@@H]1O. The van der Waals surface area contributed by atoms with E-state index in [0.29, 0.717) is 57.6 Å². The van der Waals surface area contributed by atoms with Gasteiger partial charge in [-0.2, -0.15) is 0 Å². The predicted octanol–water partition coefficient (Wildman–Crippen LogP) is 2.54. The van der Waals surface area contributed by atoms with Crippen LogP contribution in [0.4, 0.5) is 0 Å². The molecule has 4 N–H and O–H groups in total. The number of nitrogens with zero attached hydrogens (tertiary/aromatic N) is 1. The number of aliphatic hydroxyl groups excluding tert-OH is 3. The molecule has 1 aliphatic heterocycles. The summed E-state index contributed by atoms with van der Waals surface area (Å²) in [5.74, 6) is 2.05. The molecule has 1 aromatic rings. The molecule has 2 saturated carbocycles. The van der Waals surface area contributed by atoms with Gasteiger partial charge in [0.15, 0.2) is 11.5 Å². The van der Waals surface area contributed by atoms with Crippen LogP contribution in [0.1, 0.15) is 56.9 Å². The van der Waals surface area contributed by atoms with Crippen LogP contribution in [0.5, 0.6) is 11.5 Å². The molecule has 2 bridgehead atoms. The van der Waals surface area contributed by atoms with Crippen molar-refractivity contribution in [2.75, 3.05) is 33.4 Å². The van der Waals surface area contributed by atoms with E-state index in [1.54, 1.807) is 23.1 Å². The molecule has 4 aliphatic rings. The van der Waals surface area contributed by atoms with Crippen LogP contribution >= 0.6 is 22.6 Å². The number of hydrogen-bond donors (Lipinski definition) is 4. The molecule has 1 saturated heterocycles. The number of aliphatic hydroxyl groups is 3. The third-order valence-corrected chi connectivity index (χ3v) is 10.2. The van der Waals surface area contributed by atoms with Gasteiger partial charge in [0.25, 0.3) is 0 Å². The fraction of sp³-hybridized carbons (Fsp3) is 0.677. The summed E-state index contributed by atoms with van der Waals surface area (Å²) in [6.45, 7) is 0.718. The largest absolute Gasteiger partial charge is 0.493 e. The lowest BCUT2D eigenvalue weighted by atomic mass is 9.84. The monoisotopic (exact) mass is 698 g/mol. The highest BCUT2D eigenvalue weighted by Gasteiger charge is 2.45. The molecule has 1 aromatic carbocycles. The van der Waals surface area contributed by atoms with Crippen LogP contribution < -0.4 is 14.8 Å². The first kappa shape index (κ1) is 31.5. The average Bonchev–Trinajstić information content (AvgIpc) is 3.76. The van der Waals surface area contributed by atoms with Crippen LogP contribution in [0.3, 0.4) is 0 Å². The Labute approximate surface area is 260 Å². The molecule has 232 valence electrons. The third-order valence-electron chi connectivity index (χ3n) is 9.41. The van der Waals surface area contributed by atoms with E-state index in [2.05, 4.69) is 27.9 Å². The minimum Gasteiger partial charge on any atom is -0.493 e. The molecule has 0 radical (unpaired) electrons. The standard InChI is InChI=1S/C31H43IN2O8/c1-40-27-12-19(17-36)11-24(32)30(27)42-26-14-22(31(39)33-6-7-35)13-25(29(26)38)34(16-23-3-2-8-41-23)28(37)15-21-10-18-4-5-20(21)9-18/h11-12,14,18,20-21,23,25-26,29,35-36,38H,2-10,13,15-17H2,1H3,(H,33,39)/t18?,20?,21?,23-,25+,26-,29-/m0/s1. The number of halogens is 1. The van der Waals surface area contributed by atoms with Crippen molar-refractivity contribution in [3.63, 3.8) is 0 Å². The lowest BCUT2D eigenvalue weighted by Gasteiger charge is -2.42. The van der Waals surface area contributed by atoms with Crippen LogP contribution in [0.25, 0.3) is 0 Å². The highest BCUT2D eigenvalue weighted by atomic mass is 127. The topological polar surface area (TPSA) is 138 Å². The molecule has 0 spiro atoms. The summed E-state index contributed by atoms with van der Waals surface area (Å²) in [6, 6.07) is 2.74. The van der Waals surface area contributed by atoms with E-state index in [1.807, 2.05) is 0 Å². The van der Waals surface area contributed by atoms with Crippen LogP contribution in [-0.4, -0.2) is 89.8 Å². The highest BCUT2D eigenvalue weighted by molar-refractivity contribution is 14.1. The molecular weight excluding hydrogens is 655 g/mol. The lowest BCUT2D eigenvalue weighted by molar-refractivity contribution is -0.142. The molecule has 11 heteroatoms. The first-order chi connectivity index (χ1) is 20.3. The van der Waals surface area contributed by atoms with Crippen molar-refractivity contribution in [2.24, 2.45) is 17.8 Å². The molecule has 42 heavy (non-hydrogen) atoms. The van der Waals surface area contributed by atoms with E-state index < -0.39 is 18.2 Å². The van der Waals surface area contributed by atoms with Gasteiger partial charge >= 0.3 is 0 Å². The number of rotatable bonds is 12. The number of amides is 2. The smallest absolute Gasteiger partial charge is 0.247 e. The molecule has 5 rings (SSSR count). The molecule has 2 amide bonds. The van der Waals surface area contributed by atoms with E-state index in [1.165, 1.54) is 26.4 Å². The molecule has 7 atom stereocenters. The number of methoxy groups -OCH3 is 1. The zero-order valence-electron chi connectivity index (χ0n) is 24.2. The van der Waals surface area contributed by atoms with Crippen LogP contribution in [0.15, 0.2) is 23.8 Å². The van der Waals surface area contributed by atoms with Crippen molar-refractivity contribution in [3.8, 4) is 11.5 Å². The molecule has 3 fully saturated rings.